The Morgan fingerprint density at radius 1 is 0.667 bits per heavy atom. The molecular weight excluding hydrogens is 144 g/mol. The molecule has 74 valence electrons. The average Bonchev–Trinajstić information content (AvgIpc) is 1.81. The van der Waals surface area contributed by atoms with Crippen LogP contribution in [0.5, 0.6) is 0 Å². The molecule has 0 aliphatic rings. The molecule has 0 fully saturated rings. The lowest BCUT2D eigenvalue weighted by Crippen LogP contribution is -2.43. The number of hydrogen-bond donors (Lipinski definition) is 0. The fraction of sp³-hybridized carbons (Fsp3) is 1.00. The second kappa shape index (κ2) is 3.05. The maximum Gasteiger partial charge on any atom is -0.0231 e. The van der Waals surface area contributed by atoms with E-state index in [1.807, 2.05) is 0 Å². The van der Waals surface area contributed by atoms with E-state index >= 15 is 0 Å². The molecule has 0 unspecified atom stereocenters. The van der Waals surface area contributed by atoms with Gasteiger partial charge in [-0.2, -0.15) is 0 Å². The van der Waals surface area contributed by atoms with Crippen LogP contribution in [0.2, 0.25) is 0 Å². The fourth-order valence-electron chi connectivity index (χ4n) is 2.19. The smallest absolute Gasteiger partial charge is 0.0231 e. The van der Waals surface area contributed by atoms with E-state index in [-0.39, 0.29) is 0 Å². The van der Waals surface area contributed by atoms with Crippen molar-refractivity contribution in [3.05, 3.63) is 0 Å². The van der Waals surface area contributed by atoms with Crippen molar-refractivity contribution in [2.75, 3.05) is 0 Å². The number of hydrogen-bond acceptors (Lipinski definition) is 0. The minimum absolute atomic E-state index is 0.389. The summed E-state index contributed by atoms with van der Waals surface area (Å²) in [6, 6.07) is 0. The SMILES string of the molecule is CCC(C)(C(C)(C)C)C(C)(C)C. The minimum Gasteiger partial charge on any atom is -0.0648 e. The van der Waals surface area contributed by atoms with Gasteiger partial charge in [0.15, 0.2) is 0 Å². The van der Waals surface area contributed by atoms with Crippen molar-refractivity contribution < 1.29 is 0 Å². The van der Waals surface area contributed by atoms with Gasteiger partial charge >= 0.3 is 0 Å². The van der Waals surface area contributed by atoms with Gasteiger partial charge in [0.05, 0.1) is 0 Å². The van der Waals surface area contributed by atoms with Crippen LogP contribution in [0.4, 0.5) is 0 Å². The van der Waals surface area contributed by atoms with Crippen LogP contribution in [-0.2, 0) is 0 Å². The lowest BCUT2D eigenvalue weighted by atomic mass is 9.54. The zero-order valence-corrected chi connectivity index (χ0v) is 10.2. The summed E-state index contributed by atoms with van der Waals surface area (Å²) in [6.07, 6.45) is 1.25. The van der Waals surface area contributed by atoms with Gasteiger partial charge in [-0.15, -0.1) is 0 Å². The molecule has 0 radical (unpaired) electrons. The molecule has 0 aliphatic heterocycles. The predicted octanol–water partition coefficient (Wildman–Crippen LogP) is 4.49. The standard InChI is InChI=1S/C12H26/c1-9-12(8,10(2,3)4)11(5,6)7/h9H2,1-8H3. The zero-order chi connectivity index (χ0) is 10.2. The topological polar surface area (TPSA) is 0 Å². The largest absolute Gasteiger partial charge is 0.0648 e. The molecule has 0 aromatic rings. The van der Waals surface area contributed by atoms with Gasteiger partial charge < -0.3 is 0 Å². The Morgan fingerprint density at radius 3 is 0.917 bits per heavy atom. The molecule has 0 aliphatic carbocycles. The highest BCUT2D eigenvalue weighted by Crippen LogP contribution is 2.53. The summed E-state index contributed by atoms with van der Waals surface area (Å²) in [5.41, 5.74) is 1.19. The molecule has 12 heavy (non-hydrogen) atoms. The maximum atomic E-state index is 2.41. The molecule has 0 spiro atoms. The van der Waals surface area contributed by atoms with Gasteiger partial charge in [0.2, 0.25) is 0 Å². The summed E-state index contributed by atoms with van der Waals surface area (Å²) in [5.74, 6) is 0. The fourth-order valence-corrected chi connectivity index (χ4v) is 2.19. The van der Waals surface area contributed by atoms with Crippen LogP contribution in [-0.4, -0.2) is 0 Å². The minimum atomic E-state index is 0.389. The van der Waals surface area contributed by atoms with E-state index in [0.717, 1.165) is 0 Å². The van der Waals surface area contributed by atoms with Crippen molar-refractivity contribution in [1.82, 2.24) is 0 Å². The molecular formula is C12H26. The second-order valence-corrected chi connectivity index (χ2v) is 6.19. The summed E-state index contributed by atoms with van der Waals surface area (Å²) in [6.45, 7) is 18.8. The Kier molecular flexibility index (Phi) is 3.05. The normalized spacial score (nSPS) is 15.0. The monoisotopic (exact) mass is 170 g/mol. The van der Waals surface area contributed by atoms with E-state index < -0.39 is 0 Å². The average molecular weight is 170 g/mol. The zero-order valence-electron chi connectivity index (χ0n) is 10.2. The van der Waals surface area contributed by atoms with Gasteiger partial charge in [-0.1, -0.05) is 55.4 Å². The molecule has 0 saturated heterocycles. The predicted molar refractivity (Wildman–Crippen MR) is 57.3 cm³/mol. The van der Waals surface area contributed by atoms with Crippen molar-refractivity contribution in [2.45, 2.75) is 61.8 Å². The third-order valence-corrected chi connectivity index (χ3v) is 4.02. The summed E-state index contributed by atoms with van der Waals surface area (Å²) in [5, 5.41) is 0. The Bertz CT molecular complexity index is 126. The van der Waals surface area contributed by atoms with Crippen molar-refractivity contribution >= 4 is 0 Å². The lowest BCUT2D eigenvalue weighted by Gasteiger charge is -2.51. The van der Waals surface area contributed by atoms with Crippen LogP contribution in [0.15, 0.2) is 0 Å². The third kappa shape index (κ3) is 1.84. The first-order valence-electron chi connectivity index (χ1n) is 5.06. The van der Waals surface area contributed by atoms with Crippen molar-refractivity contribution in [3.8, 4) is 0 Å². The quantitative estimate of drug-likeness (QED) is 0.543. The van der Waals surface area contributed by atoms with Crippen molar-refractivity contribution in [3.63, 3.8) is 0 Å². The van der Waals surface area contributed by atoms with E-state index in [0.29, 0.717) is 16.2 Å². The molecule has 0 aromatic heterocycles. The summed E-state index contributed by atoms with van der Waals surface area (Å²) in [4.78, 5) is 0. The molecule has 0 bridgehead atoms. The first-order chi connectivity index (χ1) is 5.06. The molecule has 0 heteroatoms. The van der Waals surface area contributed by atoms with Crippen molar-refractivity contribution in [1.29, 1.82) is 0 Å². The van der Waals surface area contributed by atoms with Crippen LogP contribution >= 0.6 is 0 Å². The van der Waals surface area contributed by atoms with Gasteiger partial charge in [-0.05, 0) is 22.7 Å². The molecule has 0 atom stereocenters. The van der Waals surface area contributed by atoms with Gasteiger partial charge in [0, 0.05) is 0 Å². The molecule has 0 amide bonds. The van der Waals surface area contributed by atoms with Crippen LogP contribution in [0.1, 0.15) is 61.8 Å². The molecule has 0 nitrogen and oxygen atoms in total. The molecule has 0 rings (SSSR count). The molecule has 0 saturated carbocycles. The second-order valence-electron chi connectivity index (χ2n) is 6.19. The van der Waals surface area contributed by atoms with Crippen LogP contribution in [0, 0.1) is 16.2 Å². The Balaban J connectivity index is 4.95. The van der Waals surface area contributed by atoms with E-state index in [1.54, 1.807) is 0 Å². The molecule has 0 aromatic carbocycles. The highest BCUT2D eigenvalue weighted by Gasteiger charge is 2.44. The van der Waals surface area contributed by atoms with Crippen LogP contribution < -0.4 is 0 Å². The summed E-state index contributed by atoms with van der Waals surface area (Å²) < 4.78 is 0. The van der Waals surface area contributed by atoms with Gasteiger partial charge in [-0.3, -0.25) is 0 Å². The Labute approximate surface area is 78.8 Å². The Hall–Kier alpha value is 0. The van der Waals surface area contributed by atoms with E-state index in [1.165, 1.54) is 6.42 Å². The number of rotatable bonds is 1. The van der Waals surface area contributed by atoms with E-state index in [2.05, 4.69) is 55.4 Å². The molecule has 0 N–H and O–H groups in total. The molecule has 0 heterocycles. The van der Waals surface area contributed by atoms with Gasteiger partial charge in [-0.25, -0.2) is 0 Å². The van der Waals surface area contributed by atoms with E-state index in [9.17, 15) is 0 Å². The maximum absolute atomic E-state index is 2.41. The van der Waals surface area contributed by atoms with Crippen LogP contribution in [0.3, 0.4) is 0 Å². The summed E-state index contributed by atoms with van der Waals surface area (Å²) in [7, 11) is 0. The Morgan fingerprint density at radius 2 is 0.917 bits per heavy atom. The first kappa shape index (κ1) is 12.0. The lowest BCUT2D eigenvalue weighted by molar-refractivity contribution is -0.0172. The van der Waals surface area contributed by atoms with Crippen LogP contribution in [0.25, 0.3) is 0 Å². The van der Waals surface area contributed by atoms with Crippen molar-refractivity contribution in [2.24, 2.45) is 16.2 Å². The third-order valence-electron chi connectivity index (χ3n) is 4.02. The van der Waals surface area contributed by atoms with E-state index in [4.69, 9.17) is 0 Å². The summed E-state index contributed by atoms with van der Waals surface area (Å²) >= 11 is 0. The first-order valence-corrected chi connectivity index (χ1v) is 5.06. The van der Waals surface area contributed by atoms with Gasteiger partial charge in [0.1, 0.15) is 0 Å². The van der Waals surface area contributed by atoms with Gasteiger partial charge in [0.25, 0.3) is 0 Å². The highest BCUT2D eigenvalue weighted by molar-refractivity contribution is 4.94. The highest BCUT2D eigenvalue weighted by atomic mass is 14.5.